The number of ether oxygens (including phenoxy) is 4. The van der Waals surface area contributed by atoms with Gasteiger partial charge >= 0.3 is 6.01 Å². The molecule has 0 radical (unpaired) electrons. The molecule has 0 bridgehead atoms. The number of piperidine rings is 1. The van der Waals surface area contributed by atoms with Crippen LogP contribution >= 0.6 is 0 Å². The molecule has 268 valence electrons. The Morgan fingerprint density at radius 1 is 1.00 bits per heavy atom. The van der Waals surface area contributed by atoms with E-state index in [0.29, 0.717) is 50.2 Å². The first-order valence-corrected chi connectivity index (χ1v) is 18.1. The summed E-state index contributed by atoms with van der Waals surface area (Å²) in [5.41, 5.74) is -0.264. The molecule has 2 aromatic carbocycles. The molecule has 0 spiro atoms. The van der Waals surface area contributed by atoms with E-state index in [1.165, 1.54) is 31.4 Å². The topological polar surface area (TPSA) is 102 Å². The van der Waals surface area contributed by atoms with E-state index in [0.717, 1.165) is 71.1 Å². The number of nitrogens with zero attached hydrogens (tertiary/aromatic N) is 5. The Kier molecular flexibility index (Phi) is 9.29. The zero-order valence-electron chi connectivity index (χ0n) is 28.9. The molecule has 4 fully saturated rings. The largest absolute Gasteiger partial charge is 0.508 e. The molecule has 5 heterocycles. The smallest absolute Gasteiger partial charge is 0.319 e. The number of aromatic nitrogens is 3. The van der Waals surface area contributed by atoms with Gasteiger partial charge in [0, 0.05) is 55.3 Å². The minimum Gasteiger partial charge on any atom is -0.508 e. The first-order chi connectivity index (χ1) is 24.9. The highest BCUT2D eigenvalue weighted by molar-refractivity contribution is 6.04. The SMILES string of the molecule is C#Cc1c(F)ccc2cc(O)cc(-c3nc(OC)c4c(N5CCCOCC5)nc(OCC56CCCC5N(CC5CCCO5)CCC6)nc4c3F)c12. The van der Waals surface area contributed by atoms with Crippen molar-refractivity contribution in [3.05, 3.63) is 41.5 Å². The van der Waals surface area contributed by atoms with Crippen LogP contribution in [-0.4, -0.2) is 96.8 Å². The summed E-state index contributed by atoms with van der Waals surface area (Å²) in [5.74, 6) is 1.33. The van der Waals surface area contributed by atoms with Crippen molar-refractivity contribution in [2.45, 2.75) is 63.5 Å². The van der Waals surface area contributed by atoms with Crippen molar-refractivity contribution < 1.29 is 32.8 Å². The molecule has 51 heavy (non-hydrogen) atoms. The van der Waals surface area contributed by atoms with Gasteiger partial charge in [0.05, 0.1) is 32.0 Å². The molecular formula is C39H43F2N5O5. The van der Waals surface area contributed by atoms with Gasteiger partial charge in [0.15, 0.2) is 5.82 Å². The predicted molar refractivity (Wildman–Crippen MR) is 189 cm³/mol. The molecule has 4 aliphatic rings. The summed E-state index contributed by atoms with van der Waals surface area (Å²) in [6.45, 7) is 5.44. The maximum atomic E-state index is 17.2. The van der Waals surface area contributed by atoms with E-state index in [9.17, 15) is 5.11 Å². The molecule has 3 saturated heterocycles. The summed E-state index contributed by atoms with van der Waals surface area (Å²) in [7, 11) is 1.45. The van der Waals surface area contributed by atoms with Crippen LogP contribution in [0.4, 0.5) is 14.6 Å². The van der Waals surface area contributed by atoms with Crippen LogP contribution in [0.2, 0.25) is 0 Å². The maximum Gasteiger partial charge on any atom is 0.319 e. The number of phenolic OH excluding ortho intramolecular Hbond substituents is 1. The molecule has 3 unspecified atom stereocenters. The van der Waals surface area contributed by atoms with Gasteiger partial charge in [0.2, 0.25) is 5.88 Å². The predicted octanol–water partition coefficient (Wildman–Crippen LogP) is 6.24. The monoisotopic (exact) mass is 699 g/mol. The number of likely N-dealkylation sites (tertiary alicyclic amines) is 1. The number of aromatic hydroxyl groups is 1. The van der Waals surface area contributed by atoms with Crippen LogP contribution in [0.3, 0.4) is 0 Å². The molecule has 10 nitrogen and oxygen atoms in total. The van der Waals surface area contributed by atoms with Gasteiger partial charge in [-0.25, -0.2) is 13.8 Å². The van der Waals surface area contributed by atoms with E-state index >= 15 is 8.78 Å². The third kappa shape index (κ3) is 6.19. The minimum atomic E-state index is -0.790. The van der Waals surface area contributed by atoms with Gasteiger partial charge in [0.1, 0.15) is 34.0 Å². The fourth-order valence-corrected chi connectivity index (χ4v) is 8.92. The van der Waals surface area contributed by atoms with Gasteiger partial charge in [0.25, 0.3) is 0 Å². The minimum absolute atomic E-state index is 0.0544. The van der Waals surface area contributed by atoms with E-state index in [1.807, 2.05) is 4.90 Å². The van der Waals surface area contributed by atoms with Crippen LogP contribution < -0.4 is 14.4 Å². The quantitative estimate of drug-likeness (QED) is 0.213. The van der Waals surface area contributed by atoms with E-state index in [1.54, 1.807) is 0 Å². The Balaban J connectivity index is 1.24. The summed E-state index contributed by atoms with van der Waals surface area (Å²) in [5, 5.41) is 11.7. The zero-order valence-corrected chi connectivity index (χ0v) is 28.9. The molecule has 8 rings (SSSR count). The number of phenols is 1. The molecule has 1 saturated carbocycles. The number of pyridine rings is 1. The van der Waals surface area contributed by atoms with Gasteiger partial charge in [-0.2, -0.15) is 9.97 Å². The fraction of sp³-hybridized carbons (Fsp3) is 0.513. The van der Waals surface area contributed by atoms with Crippen molar-refractivity contribution in [1.82, 2.24) is 19.9 Å². The maximum absolute atomic E-state index is 17.2. The number of anilines is 1. The number of rotatable bonds is 8. The van der Waals surface area contributed by atoms with Crippen molar-refractivity contribution in [3.63, 3.8) is 0 Å². The summed E-state index contributed by atoms with van der Waals surface area (Å²) < 4.78 is 56.3. The van der Waals surface area contributed by atoms with Crippen LogP contribution in [0.15, 0.2) is 24.3 Å². The lowest BCUT2D eigenvalue weighted by molar-refractivity contribution is -0.0252. The lowest BCUT2D eigenvalue weighted by Crippen LogP contribution is -2.53. The Labute approximate surface area is 296 Å². The molecule has 2 aromatic heterocycles. The number of benzene rings is 2. The van der Waals surface area contributed by atoms with Crippen molar-refractivity contribution in [3.8, 4) is 41.2 Å². The highest BCUT2D eigenvalue weighted by Crippen LogP contribution is 2.49. The third-order valence-corrected chi connectivity index (χ3v) is 11.2. The lowest BCUT2D eigenvalue weighted by Gasteiger charge is -2.46. The average molecular weight is 700 g/mol. The van der Waals surface area contributed by atoms with Crippen molar-refractivity contribution >= 4 is 27.5 Å². The molecule has 3 aliphatic heterocycles. The molecule has 3 atom stereocenters. The number of terminal acetylenes is 1. The van der Waals surface area contributed by atoms with Gasteiger partial charge in [-0.1, -0.05) is 18.4 Å². The second kappa shape index (κ2) is 14.0. The Bertz CT molecular complexity index is 1990. The van der Waals surface area contributed by atoms with E-state index in [2.05, 4.69) is 15.8 Å². The second-order valence-corrected chi connectivity index (χ2v) is 14.2. The molecule has 1 aliphatic carbocycles. The fourth-order valence-electron chi connectivity index (χ4n) is 8.92. The normalized spacial score (nSPS) is 24.1. The van der Waals surface area contributed by atoms with Crippen molar-refractivity contribution in [2.75, 3.05) is 64.6 Å². The molecule has 12 heteroatoms. The van der Waals surface area contributed by atoms with Crippen LogP contribution in [-0.2, 0) is 9.47 Å². The number of hydrogen-bond donors (Lipinski definition) is 1. The average Bonchev–Trinajstić information content (AvgIpc) is 3.74. The summed E-state index contributed by atoms with van der Waals surface area (Å²) >= 11 is 0. The molecule has 1 N–H and O–H groups in total. The van der Waals surface area contributed by atoms with Gasteiger partial charge in [-0.05, 0) is 75.1 Å². The van der Waals surface area contributed by atoms with Gasteiger partial charge < -0.3 is 29.0 Å². The Hall–Kier alpha value is -4.31. The van der Waals surface area contributed by atoms with Crippen LogP contribution in [0.1, 0.15) is 56.9 Å². The number of methoxy groups -OCH3 is 1. The van der Waals surface area contributed by atoms with Crippen LogP contribution in [0, 0.1) is 29.4 Å². The Morgan fingerprint density at radius 2 is 1.88 bits per heavy atom. The van der Waals surface area contributed by atoms with E-state index in [-0.39, 0.29) is 62.3 Å². The molecule has 0 amide bonds. The first kappa shape index (κ1) is 33.8. The summed E-state index contributed by atoms with van der Waals surface area (Å²) in [6.07, 6.45) is 14.4. The van der Waals surface area contributed by atoms with Crippen molar-refractivity contribution in [2.24, 2.45) is 5.41 Å². The zero-order chi connectivity index (χ0) is 35.1. The number of fused-ring (bicyclic) bond motifs is 3. The molecule has 4 aromatic rings. The first-order valence-electron chi connectivity index (χ1n) is 18.1. The third-order valence-electron chi connectivity index (χ3n) is 11.2. The summed E-state index contributed by atoms with van der Waals surface area (Å²) in [4.78, 5) is 18.9. The number of halogens is 2. The van der Waals surface area contributed by atoms with Gasteiger partial charge in [-0.15, -0.1) is 6.42 Å². The van der Waals surface area contributed by atoms with E-state index < -0.39 is 11.6 Å². The lowest BCUT2D eigenvalue weighted by atomic mass is 9.75. The highest BCUT2D eigenvalue weighted by Gasteiger charge is 2.49. The van der Waals surface area contributed by atoms with Crippen LogP contribution in [0.5, 0.6) is 17.6 Å². The summed E-state index contributed by atoms with van der Waals surface area (Å²) in [6, 6.07) is 5.93. The highest BCUT2D eigenvalue weighted by atomic mass is 19.1. The second-order valence-electron chi connectivity index (χ2n) is 14.2. The molecular weight excluding hydrogens is 656 g/mol. The van der Waals surface area contributed by atoms with Gasteiger partial charge in [-0.3, -0.25) is 4.90 Å². The van der Waals surface area contributed by atoms with E-state index in [4.69, 9.17) is 35.3 Å². The number of hydrogen-bond acceptors (Lipinski definition) is 10. The van der Waals surface area contributed by atoms with Crippen molar-refractivity contribution in [1.29, 1.82) is 0 Å². The standard InChI is InChI=1S/C39H43F2N5O5/c1-3-27-29(40)11-10-24-20-25(47)21-28(31(24)27)34-33(41)35-32(37(42-34)48-2)36(45-15-7-17-49-19-16-45)44-38(43-35)51-23-39-12-4-9-30(39)46(14-6-13-39)22-26-8-5-18-50-26/h1,10-11,20-21,26,30,47H,4-9,12-19,22-23H2,2H3. The Morgan fingerprint density at radius 3 is 2.71 bits per heavy atom. The van der Waals surface area contributed by atoms with Crippen LogP contribution in [0.25, 0.3) is 32.9 Å².